The minimum absolute atomic E-state index is 0.0565. The first-order valence-electron chi connectivity index (χ1n) is 38.7. The van der Waals surface area contributed by atoms with E-state index in [9.17, 15) is 43.2 Å². The maximum atomic E-state index is 13.1. The lowest BCUT2D eigenvalue weighted by Gasteiger charge is -2.21. The Morgan fingerprint density at radius 1 is 0.294 bits per heavy atom. The molecule has 5 atom stereocenters. The van der Waals surface area contributed by atoms with E-state index in [1.165, 1.54) is 38.5 Å². The van der Waals surface area contributed by atoms with Crippen LogP contribution in [0.3, 0.4) is 0 Å². The number of aliphatic hydroxyl groups excluding tert-OH is 1. The van der Waals surface area contributed by atoms with E-state index in [0.717, 1.165) is 167 Å². The Bertz CT molecular complexity index is 2550. The molecule has 102 heavy (non-hydrogen) atoms. The summed E-state index contributed by atoms with van der Waals surface area (Å²) in [5.41, 5.74) is 0. The zero-order chi connectivity index (χ0) is 74.6. The lowest BCUT2D eigenvalue weighted by Crippen LogP contribution is -2.30. The molecule has 5 unspecified atom stereocenters. The van der Waals surface area contributed by atoms with Gasteiger partial charge in [0.2, 0.25) is 0 Å². The highest BCUT2D eigenvalue weighted by Gasteiger charge is 2.30. The van der Waals surface area contributed by atoms with Gasteiger partial charge >= 0.3 is 39.5 Å². The lowest BCUT2D eigenvalue weighted by atomic mass is 10.1. The molecule has 0 amide bonds. The van der Waals surface area contributed by atoms with Crippen LogP contribution in [0.5, 0.6) is 0 Å². The number of carbonyl (C=O) groups is 4. The van der Waals surface area contributed by atoms with Gasteiger partial charge in [-0.05, 0) is 128 Å². The normalized spacial score (nSPS) is 14.8. The second kappa shape index (κ2) is 74.0. The molecular weight excluding hydrogens is 1330 g/mol. The summed E-state index contributed by atoms with van der Waals surface area (Å²) in [5, 5.41) is 10.6. The number of phosphoric ester groups is 2. The van der Waals surface area contributed by atoms with Gasteiger partial charge in [0.15, 0.2) is 12.2 Å². The highest BCUT2D eigenvalue weighted by Crippen LogP contribution is 2.45. The van der Waals surface area contributed by atoms with E-state index in [-0.39, 0.29) is 25.7 Å². The van der Waals surface area contributed by atoms with Crippen molar-refractivity contribution < 1.29 is 80.2 Å². The molecule has 0 saturated carbocycles. The van der Waals surface area contributed by atoms with E-state index in [2.05, 4.69) is 161 Å². The second-order valence-electron chi connectivity index (χ2n) is 25.2. The van der Waals surface area contributed by atoms with Crippen LogP contribution in [0.1, 0.15) is 285 Å². The number of hydrogen-bond donors (Lipinski definition) is 3. The van der Waals surface area contributed by atoms with Crippen molar-refractivity contribution in [2.75, 3.05) is 39.6 Å². The van der Waals surface area contributed by atoms with Gasteiger partial charge < -0.3 is 33.8 Å². The van der Waals surface area contributed by atoms with E-state index in [1.54, 1.807) is 6.08 Å². The smallest absolute Gasteiger partial charge is 0.462 e. The molecule has 0 bridgehead atoms. The first-order chi connectivity index (χ1) is 49.7. The van der Waals surface area contributed by atoms with Crippen LogP contribution in [0.15, 0.2) is 158 Å². The van der Waals surface area contributed by atoms with E-state index in [0.29, 0.717) is 25.7 Å². The van der Waals surface area contributed by atoms with Crippen molar-refractivity contribution in [2.24, 2.45) is 0 Å². The number of hydrogen-bond acceptors (Lipinski definition) is 15. The maximum Gasteiger partial charge on any atom is 0.472 e. The summed E-state index contributed by atoms with van der Waals surface area (Å²) < 4.78 is 68.3. The summed E-state index contributed by atoms with van der Waals surface area (Å²) in [7, 11) is -10.00. The minimum atomic E-state index is -5.00. The van der Waals surface area contributed by atoms with Gasteiger partial charge in [0, 0.05) is 19.3 Å². The van der Waals surface area contributed by atoms with Crippen molar-refractivity contribution in [2.45, 2.75) is 303 Å². The molecule has 0 aromatic rings. The Morgan fingerprint density at radius 2 is 0.549 bits per heavy atom. The molecule has 3 N–H and O–H groups in total. The van der Waals surface area contributed by atoms with Gasteiger partial charge in [0.25, 0.3) is 0 Å². The van der Waals surface area contributed by atoms with Crippen LogP contribution in [-0.2, 0) is 65.4 Å². The van der Waals surface area contributed by atoms with Crippen LogP contribution in [-0.4, -0.2) is 96.7 Å². The molecule has 0 rings (SSSR count). The summed E-state index contributed by atoms with van der Waals surface area (Å²) in [6.45, 7) is 4.35. The van der Waals surface area contributed by atoms with Crippen LogP contribution in [0.2, 0.25) is 0 Å². The zero-order valence-corrected chi connectivity index (χ0v) is 65.0. The van der Waals surface area contributed by atoms with E-state index in [1.807, 2.05) is 18.2 Å². The minimum Gasteiger partial charge on any atom is -0.462 e. The first-order valence-corrected chi connectivity index (χ1v) is 41.7. The van der Waals surface area contributed by atoms with Crippen molar-refractivity contribution in [1.82, 2.24) is 0 Å². The fourth-order valence-electron chi connectivity index (χ4n) is 9.75. The SMILES string of the molecule is CC/C=C\C/C=C\C/C=C\C/C=C\C/C=C\CC(=O)OCC(COP(=O)(O)OCC(O)COP(=O)(O)OCC(COC(=O)CCCCCCCC/C=C\C/C=C\C/C=C\C/C=C\CC)OC(=O)CCCCCC/C=C\C/C=C\C/C=C\C/C=C\CC)OC(=O)CCCCCCCCCCCCC. The molecule has 19 heteroatoms. The Morgan fingerprint density at radius 3 is 0.873 bits per heavy atom. The molecule has 0 aliphatic carbocycles. The number of carbonyl (C=O) groups excluding carboxylic acids is 4. The molecule has 0 aromatic carbocycles. The monoisotopic (exact) mass is 1470 g/mol. The highest BCUT2D eigenvalue weighted by atomic mass is 31.2. The number of unbranched alkanes of at least 4 members (excludes halogenated alkanes) is 20. The van der Waals surface area contributed by atoms with Crippen molar-refractivity contribution in [3.8, 4) is 0 Å². The molecule has 0 aromatic heterocycles. The van der Waals surface area contributed by atoms with Gasteiger partial charge in [0.1, 0.15) is 19.3 Å². The van der Waals surface area contributed by atoms with Crippen LogP contribution < -0.4 is 0 Å². The van der Waals surface area contributed by atoms with Crippen molar-refractivity contribution in [3.05, 3.63) is 158 Å². The van der Waals surface area contributed by atoms with Crippen LogP contribution in [0, 0.1) is 0 Å². The molecule has 0 fully saturated rings. The van der Waals surface area contributed by atoms with E-state index in [4.69, 9.17) is 37.0 Å². The molecular formula is C83H136O17P2. The molecule has 0 saturated heterocycles. The van der Waals surface area contributed by atoms with Gasteiger partial charge in [-0.3, -0.25) is 37.3 Å². The fourth-order valence-corrected chi connectivity index (χ4v) is 11.3. The molecule has 0 aliphatic heterocycles. The zero-order valence-electron chi connectivity index (χ0n) is 63.2. The number of esters is 4. The average molecular weight is 1470 g/mol. The summed E-state index contributed by atoms with van der Waals surface area (Å²) in [4.78, 5) is 72.8. The molecule has 0 aliphatic rings. The van der Waals surface area contributed by atoms with Gasteiger partial charge in [-0.25, -0.2) is 9.13 Å². The summed E-state index contributed by atoms with van der Waals surface area (Å²) in [6.07, 6.45) is 85.5. The average Bonchev–Trinajstić information content (AvgIpc) is 0.934. The third-order valence-corrected chi connectivity index (χ3v) is 17.4. The molecule has 0 spiro atoms. The molecule has 17 nitrogen and oxygen atoms in total. The topological polar surface area (TPSA) is 237 Å². The molecule has 580 valence electrons. The lowest BCUT2D eigenvalue weighted by molar-refractivity contribution is -0.161. The van der Waals surface area contributed by atoms with Gasteiger partial charge in [-0.1, -0.05) is 288 Å². The Balaban J connectivity index is 5.44. The molecule has 0 heterocycles. The van der Waals surface area contributed by atoms with Crippen LogP contribution in [0.25, 0.3) is 0 Å². The van der Waals surface area contributed by atoms with E-state index >= 15 is 0 Å². The highest BCUT2D eigenvalue weighted by molar-refractivity contribution is 7.47. The first kappa shape index (κ1) is 96.7. The van der Waals surface area contributed by atoms with Crippen molar-refractivity contribution >= 4 is 39.5 Å². The number of allylic oxidation sites excluding steroid dienone is 25. The molecule has 0 radical (unpaired) electrons. The largest absolute Gasteiger partial charge is 0.472 e. The van der Waals surface area contributed by atoms with Crippen molar-refractivity contribution in [3.63, 3.8) is 0 Å². The third-order valence-electron chi connectivity index (χ3n) is 15.5. The summed E-state index contributed by atoms with van der Waals surface area (Å²) in [5.74, 6) is -2.37. The van der Waals surface area contributed by atoms with Crippen molar-refractivity contribution in [1.29, 1.82) is 0 Å². The number of aliphatic hydroxyl groups is 1. The summed E-state index contributed by atoms with van der Waals surface area (Å²) in [6, 6.07) is 0. The predicted octanol–water partition coefficient (Wildman–Crippen LogP) is 22.4. The number of rotatable bonds is 71. The third kappa shape index (κ3) is 73.0. The Hall–Kier alpha value is -5.32. The standard InChI is InChI=1S/C83H136O17P2/c1-5-9-13-17-21-25-29-32-35-37-38-40-42-45-49-52-56-60-64-68-81(86)94-74-79(100-83(88)70-66-62-58-54-50-46-43-39-36-33-30-26-22-18-14-10-6-2)76-98-102(91,92)96-72-77(84)71-95-101(89,90)97-75-78(99-82(87)69-65-61-57-53-47-28-24-20-16-12-8-4)73-93-80(85)67-63-59-55-51-48-44-41-34-31-27-23-19-15-11-7-3/h9-11,13-15,21-23,25-27,32-36,38,40-41,43,46,48,51,59,63,77-79,84H,5-8,12,16-20,24,28-31,37,39,42,44-45,47,49-50,52-58,60-62,64-76H2,1-4H3,(H,89,90)(H,91,92)/b13-9-,14-10-,15-11-,25-21-,26-22-,27-23-,35-32-,36-33-,40-38-,41-34-,46-43-,51-48-,63-59-. The fraction of sp³-hybridized carbons (Fsp3) is 0.639. The maximum absolute atomic E-state index is 13.1. The quantitative estimate of drug-likeness (QED) is 0.0169. The van der Waals surface area contributed by atoms with Crippen LogP contribution in [0.4, 0.5) is 0 Å². The Labute approximate surface area is 617 Å². The number of phosphoric acid groups is 2. The van der Waals surface area contributed by atoms with Gasteiger partial charge in [-0.15, -0.1) is 0 Å². The van der Waals surface area contributed by atoms with Crippen LogP contribution >= 0.6 is 15.6 Å². The van der Waals surface area contributed by atoms with Gasteiger partial charge in [0.05, 0.1) is 32.8 Å². The Kier molecular flexibility index (Phi) is 70.1. The van der Waals surface area contributed by atoms with Gasteiger partial charge in [-0.2, -0.15) is 0 Å². The second-order valence-corrected chi connectivity index (χ2v) is 28.1. The number of ether oxygens (including phenoxy) is 4. The van der Waals surface area contributed by atoms with E-state index < -0.39 is 97.5 Å². The predicted molar refractivity (Wildman–Crippen MR) is 417 cm³/mol. The summed E-state index contributed by atoms with van der Waals surface area (Å²) >= 11 is 0.